The molecule has 1 aliphatic carbocycles. The largest absolute Gasteiger partial charge is 0.321 e. The van der Waals surface area contributed by atoms with Crippen LogP contribution in [0, 0.1) is 12.8 Å². The number of thiophene rings is 1. The molecule has 0 radical (unpaired) electrons. The fourth-order valence-corrected chi connectivity index (χ4v) is 4.23. The van der Waals surface area contributed by atoms with Gasteiger partial charge in [-0.15, -0.1) is 11.3 Å². The average molecular weight is 278 g/mol. The van der Waals surface area contributed by atoms with Gasteiger partial charge in [-0.25, -0.2) is 0 Å². The fourth-order valence-electron chi connectivity index (χ4n) is 3.27. The van der Waals surface area contributed by atoms with Crippen molar-refractivity contribution in [3.05, 3.63) is 21.9 Å². The minimum Gasteiger partial charge on any atom is -0.321 e. The molecule has 1 aromatic heterocycles. The van der Waals surface area contributed by atoms with Gasteiger partial charge in [0, 0.05) is 16.3 Å². The molecule has 0 spiro atoms. The van der Waals surface area contributed by atoms with Crippen LogP contribution in [-0.2, 0) is 4.79 Å². The van der Waals surface area contributed by atoms with E-state index in [0.717, 1.165) is 12.5 Å². The van der Waals surface area contributed by atoms with Gasteiger partial charge >= 0.3 is 0 Å². The predicted molar refractivity (Wildman–Crippen MR) is 78.1 cm³/mol. The lowest BCUT2D eigenvalue weighted by atomic mass is 10.0. The Kier molecular flexibility index (Phi) is 3.89. The molecule has 19 heavy (non-hydrogen) atoms. The second kappa shape index (κ2) is 5.63. The Bertz CT molecular complexity index is 451. The summed E-state index contributed by atoms with van der Waals surface area (Å²) in [4.78, 5) is 16.7. The zero-order valence-corrected chi connectivity index (χ0v) is 12.3. The minimum atomic E-state index is 0.118. The number of nitrogens with zero attached hydrogens (tertiary/aromatic N) is 1. The summed E-state index contributed by atoms with van der Waals surface area (Å²) in [6.07, 6.45) is 6.77. The molecule has 0 bridgehead atoms. The van der Waals surface area contributed by atoms with Crippen LogP contribution in [0.15, 0.2) is 12.1 Å². The molecule has 0 aromatic carbocycles. The Morgan fingerprint density at radius 1 is 1.37 bits per heavy atom. The Balaban J connectivity index is 1.64. The molecule has 3 nitrogen and oxygen atoms in total. The summed E-state index contributed by atoms with van der Waals surface area (Å²) in [5.74, 6) is 1.10. The van der Waals surface area contributed by atoms with Crippen molar-refractivity contribution < 1.29 is 4.79 Å². The second-order valence-corrected chi connectivity index (χ2v) is 7.08. The van der Waals surface area contributed by atoms with E-state index < -0.39 is 0 Å². The molecule has 1 saturated heterocycles. The number of carbonyl (C=O) groups excluding carboxylic acids is 1. The van der Waals surface area contributed by atoms with E-state index in [1.54, 1.807) is 11.3 Å². The lowest BCUT2D eigenvalue weighted by molar-refractivity contribution is -0.128. The Morgan fingerprint density at radius 3 is 2.84 bits per heavy atom. The average Bonchev–Trinajstić information content (AvgIpc) is 3.08. The molecular formula is C15H22N2OS. The van der Waals surface area contributed by atoms with E-state index >= 15 is 0 Å². The first kappa shape index (κ1) is 13.1. The van der Waals surface area contributed by atoms with Crippen LogP contribution in [0.1, 0.15) is 48.0 Å². The van der Waals surface area contributed by atoms with Gasteiger partial charge < -0.3 is 4.90 Å². The summed E-state index contributed by atoms with van der Waals surface area (Å²) in [5.41, 5.74) is 0. The number of aryl methyl sites for hydroxylation is 1. The summed E-state index contributed by atoms with van der Waals surface area (Å²) in [7, 11) is 0. The molecule has 1 unspecified atom stereocenters. The molecule has 1 atom stereocenters. The quantitative estimate of drug-likeness (QED) is 0.918. The van der Waals surface area contributed by atoms with Crippen LogP contribution in [0.25, 0.3) is 0 Å². The number of hydrogen-bond donors (Lipinski definition) is 1. The van der Waals surface area contributed by atoms with Crippen molar-refractivity contribution in [3.63, 3.8) is 0 Å². The third-order valence-corrected chi connectivity index (χ3v) is 5.42. The summed E-state index contributed by atoms with van der Waals surface area (Å²) >= 11 is 1.79. The van der Waals surface area contributed by atoms with E-state index in [2.05, 4.69) is 24.4 Å². The van der Waals surface area contributed by atoms with Gasteiger partial charge in [0.25, 0.3) is 0 Å². The number of carbonyl (C=O) groups is 1. The molecule has 3 rings (SSSR count). The maximum atomic E-state index is 12.0. The smallest absolute Gasteiger partial charge is 0.238 e. The van der Waals surface area contributed by atoms with Crippen LogP contribution in [0.3, 0.4) is 0 Å². The first-order valence-corrected chi connectivity index (χ1v) is 8.15. The topological polar surface area (TPSA) is 32.3 Å². The Morgan fingerprint density at radius 2 is 2.16 bits per heavy atom. The molecule has 1 amide bonds. The molecule has 1 aromatic rings. The zero-order chi connectivity index (χ0) is 13.2. The van der Waals surface area contributed by atoms with Crippen molar-refractivity contribution in [2.45, 2.75) is 45.2 Å². The van der Waals surface area contributed by atoms with Gasteiger partial charge in [-0.2, -0.15) is 0 Å². The van der Waals surface area contributed by atoms with Gasteiger partial charge in [0.1, 0.15) is 6.17 Å². The first-order chi connectivity index (χ1) is 9.24. The molecule has 1 saturated carbocycles. The first-order valence-electron chi connectivity index (χ1n) is 7.33. The van der Waals surface area contributed by atoms with E-state index in [1.807, 2.05) is 4.90 Å². The Labute approximate surface area is 119 Å². The summed E-state index contributed by atoms with van der Waals surface area (Å²) in [6, 6.07) is 4.29. The standard InChI is InChI=1S/C15H22N2OS/c1-11-6-7-13(19-11)15-16-10-14(18)17(15)9-8-12-4-2-3-5-12/h6-7,12,15-16H,2-5,8-10H2,1H3. The maximum absolute atomic E-state index is 12.0. The van der Waals surface area contributed by atoms with Crippen molar-refractivity contribution in [1.29, 1.82) is 0 Å². The lowest BCUT2D eigenvalue weighted by Crippen LogP contribution is -2.31. The zero-order valence-electron chi connectivity index (χ0n) is 11.5. The minimum absolute atomic E-state index is 0.118. The van der Waals surface area contributed by atoms with Crippen LogP contribution in [0.5, 0.6) is 0 Å². The van der Waals surface area contributed by atoms with Crippen LogP contribution in [0.4, 0.5) is 0 Å². The number of nitrogens with one attached hydrogen (secondary N) is 1. The molecule has 2 heterocycles. The van der Waals surface area contributed by atoms with Crippen LogP contribution in [0.2, 0.25) is 0 Å². The highest BCUT2D eigenvalue weighted by molar-refractivity contribution is 7.12. The van der Waals surface area contributed by atoms with Gasteiger partial charge in [0.05, 0.1) is 6.54 Å². The summed E-state index contributed by atoms with van der Waals surface area (Å²) in [6.45, 7) is 3.53. The fraction of sp³-hybridized carbons (Fsp3) is 0.667. The van der Waals surface area contributed by atoms with Gasteiger partial charge in [0.2, 0.25) is 5.91 Å². The van der Waals surface area contributed by atoms with Gasteiger partial charge in [-0.1, -0.05) is 25.7 Å². The van der Waals surface area contributed by atoms with Crippen molar-refractivity contribution in [2.24, 2.45) is 5.92 Å². The second-order valence-electron chi connectivity index (χ2n) is 5.76. The third-order valence-electron chi connectivity index (χ3n) is 4.36. The van der Waals surface area contributed by atoms with Crippen LogP contribution < -0.4 is 5.32 Å². The number of rotatable bonds is 4. The monoisotopic (exact) mass is 278 g/mol. The van der Waals surface area contributed by atoms with Crippen molar-refractivity contribution >= 4 is 17.2 Å². The van der Waals surface area contributed by atoms with Crippen molar-refractivity contribution in [3.8, 4) is 0 Å². The molecule has 104 valence electrons. The summed E-state index contributed by atoms with van der Waals surface area (Å²) in [5, 5.41) is 3.35. The van der Waals surface area contributed by atoms with Crippen LogP contribution in [-0.4, -0.2) is 23.9 Å². The SMILES string of the molecule is Cc1ccc(C2NCC(=O)N2CCC2CCCC2)s1. The third kappa shape index (κ3) is 2.84. The number of amides is 1. The molecule has 4 heteroatoms. The highest BCUT2D eigenvalue weighted by Crippen LogP contribution is 2.31. The highest BCUT2D eigenvalue weighted by Gasteiger charge is 2.32. The highest BCUT2D eigenvalue weighted by atomic mass is 32.1. The number of hydrogen-bond acceptors (Lipinski definition) is 3. The van der Waals surface area contributed by atoms with Gasteiger partial charge in [0.15, 0.2) is 0 Å². The molecule has 2 fully saturated rings. The van der Waals surface area contributed by atoms with Crippen molar-refractivity contribution in [1.82, 2.24) is 10.2 Å². The normalized spacial score (nSPS) is 24.6. The maximum Gasteiger partial charge on any atom is 0.238 e. The lowest BCUT2D eigenvalue weighted by Gasteiger charge is -2.24. The molecule has 2 aliphatic rings. The van der Waals surface area contributed by atoms with Crippen molar-refractivity contribution in [2.75, 3.05) is 13.1 Å². The molecule has 1 N–H and O–H groups in total. The summed E-state index contributed by atoms with van der Waals surface area (Å²) < 4.78 is 0. The van der Waals surface area contributed by atoms with Gasteiger partial charge in [-0.05, 0) is 31.4 Å². The van der Waals surface area contributed by atoms with E-state index in [9.17, 15) is 4.79 Å². The van der Waals surface area contributed by atoms with E-state index in [4.69, 9.17) is 0 Å². The van der Waals surface area contributed by atoms with E-state index in [1.165, 1.54) is 41.9 Å². The van der Waals surface area contributed by atoms with Crippen LogP contribution >= 0.6 is 11.3 Å². The Hall–Kier alpha value is -0.870. The molecular weight excluding hydrogens is 256 g/mol. The predicted octanol–water partition coefficient (Wildman–Crippen LogP) is 3.07. The van der Waals surface area contributed by atoms with Gasteiger partial charge in [-0.3, -0.25) is 10.1 Å². The van der Waals surface area contributed by atoms with E-state index in [-0.39, 0.29) is 12.1 Å². The van der Waals surface area contributed by atoms with E-state index in [0.29, 0.717) is 6.54 Å². The molecule has 1 aliphatic heterocycles.